The highest BCUT2D eigenvalue weighted by molar-refractivity contribution is 5.79. The van der Waals surface area contributed by atoms with Gasteiger partial charge in [-0.3, -0.25) is 4.99 Å². The number of benzene rings is 1. The topological polar surface area (TPSA) is 65.1 Å². The van der Waals surface area contributed by atoms with E-state index < -0.39 is 0 Å². The van der Waals surface area contributed by atoms with E-state index in [4.69, 9.17) is 0 Å². The number of fused-ring (bicyclic) bond motifs is 1. The Bertz CT molecular complexity index is 525. The minimum absolute atomic E-state index is 0.815. The van der Waals surface area contributed by atoms with Gasteiger partial charge >= 0.3 is 0 Å². The van der Waals surface area contributed by atoms with E-state index in [1.54, 1.807) is 0 Å². The third-order valence-corrected chi connectivity index (χ3v) is 2.93. The Morgan fingerprint density at radius 1 is 1.25 bits per heavy atom. The van der Waals surface area contributed by atoms with Crippen LogP contribution in [0, 0.1) is 0 Å². The average molecular weight is 273 g/mol. The van der Waals surface area contributed by atoms with Crippen molar-refractivity contribution in [3.05, 3.63) is 30.1 Å². The summed E-state index contributed by atoms with van der Waals surface area (Å²) in [5.74, 6) is 1.88. The molecule has 0 saturated heterocycles. The third-order valence-electron chi connectivity index (χ3n) is 2.93. The number of H-pyrrole nitrogens is 1. The molecule has 20 heavy (non-hydrogen) atoms. The first kappa shape index (κ1) is 14.4. The van der Waals surface area contributed by atoms with Crippen molar-refractivity contribution >= 4 is 17.0 Å². The lowest BCUT2D eigenvalue weighted by atomic mass is 10.3. The zero-order chi connectivity index (χ0) is 14.2. The molecule has 0 amide bonds. The minimum Gasteiger partial charge on any atom is -0.357 e. The SMILES string of the molecule is CCCN=C(NCC)NCCc1nc2ccccc2[nH]1. The van der Waals surface area contributed by atoms with Crippen molar-refractivity contribution in [3.8, 4) is 0 Å². The number of guanidine groups is 1. The van der Waals surface area contributed by atoms with Crippen LogP contribution in [0.5, 0.6) is 0 Å². The molecular formula is C15H23N5. The maximum absolute atomic E-state index is 4.56. The number of hydrogen-bond acceptors (Lipinski definition) is 2. The first-order valence-electron chi connectivity index (χ1n) is 7.29. The first-order valence-corrected chi connectivity index (χ1v) is 7.29. The first-order chi connectivity index (χ1) is 9.83. The maximum atomic E-state index is 4.56. The molecule has 5 nitrogen and oxygen atoms in total. The van der Waals surface area contributed by atoms with Gasteiger partial charge in [-0.2, -0.15) is 0 Å². The number of nitrogens with one attached hydrogen (secondary N) is 3. The predicted molar refractivity (Wildman–Crippen MR) is 84.1 cm³/mol. The van der Waals surface area contributed by atoms with Crippen LogP contribution in [-0.2, 0) is 6.42 Å². The predicted octanol–water partition coefficient (Wildman–Crippen LogP) is 2.07. The minimum atomic E-state index is 0.815. The molecule has 2 aromatic rings. The van der Waals surface area contributed by atoms with Crippen LogP contribution in [0.15, 0.2) is 29.3 Å². The molecule has 0 atom stereocenters. The molecule has 1 aromatic carbocycles. The summed E-state index contributed by atoms with van der Waals surface area (Å²) in [4.78, 5) is 12.4. The third kappa shape index (κ3) is 3.98. The van der Waals surface area contributed by atoms with Crippen molar-refractivity contribution in [2.75, 3.05) is 19.6 Å². The van der Waals surface area contributed by atoms with Crippen LogP contribution < -0.4 is 10.6 Å². The number of nitrogens with zero attached hydrogens (tertiary/aromatic N) is 2. The fourth-order valence-electron chi connectivity index (χ4n) is 1.99. The Labute approximate surface area is 119 Å². The van der Waals surface area contributed by atoms with E-state index in [1.165, 1.54) is 0 Å². The second-order valence-corrected chi connectivity index (χ2v) is 4.64. The number of aromatic nitrogens is 2. The van der Waals surface area contributed by atoms with E-state index in [0.29, 0.717) is 0 Å². The zero-order valence-corrected chi connectivity index (χ0v) is 12.2. The maximum Gasteiger partial charge on any atom is 0.191 e. The molecule has 2 rings (SSSR count). The van der Waals surface area contributed by atoms with Gasteiger partial charge in [0.1, 0.15) is 5.82 Å². The quantitative estimate of drug-likeness (QED) is 0.557. The van der Waals surface area contributed by atoms with Crippen molar-refractivity contribution in [2.24, 2.45) is 4.99 Å². The lowest BCUT2D eigenvalue weighted by molar-refractivity contribution is 0.776. The molecule has 3 N–H and O–H groups in total. The van der Waals surface area contributed by atoms with Gasteiger partial charge < -0.3 is 15.6 Å². The normalized spacial score (nSPS) is 11.8. The number of imidazole rings is 1. The highest BCUT2D eigenvalue weighted by atomic mass is 15.2. The molecule has 0 aliphatic rings. The fraction of sp³-hybridized carbons (Fsp3) is 0.467. The molecule has 0 aliphatic heterocycles. The van der Waals surface area contributed by atoms with E-state index in [0.717, 1.165) is 55.3 Å². The second-order valence-electron chi connectivity index (χ2n) is 4.64. The van der Waals surface area contributed by atoms with Crippen molar-refractivity contribution in [1.29, 1.82) is 0 Å². The molecule has 0 aliphatic carbocycles. The van der Waals surface area contributed by atoms with Gasteiger partial charge in [0.2, 0.25) is 0 Å². The molecule has 1 heterocycles. The summed E-state index contributed by atoms with van der Waals surface area (Å²) in [5.41, 5.74) is 2.11. The van der Waals surface area contributed by atoms with Crippen molar-refractivity contribution < 1.29 is 0 Å². The van der Waals surface area contributed by atoms with Crippen LogP contribution in [0.25, 0.3) is 11.0 Å². The van der Waals surface area contributed by atoms with Gasteiger partial charge in [0.05, 0.1) is 11.0 Å². The zero-order valence-electron chi connectivity index (χ0n) is 12.2. The van der Waals surface area contributed by atoms with E-state index in [2.05, 4.69) is 39.4 Å². The van der Waals surface area contributed by atoms with Crippen LogP contribution >= 0.6 is 0 Å². The largest absolute Gasteiger partial charge is 0.357 e. The van der Waals surface area contributed by atoms with Gasteiger partial charge in [0.25, 0.3) is 0 Å². The molecule has 0 spiro atoms. The summed E-state index contributed by atoms with van der Waals surface area (Å²) in [6, 6.07) is 8.09. The molecule has 0 fully saturated rings. The molecular weight excluding hydrogens is 250 g/mol. The summed E-state index contributed by atoms with van der Waals surface area (Å²) in [5, 5.41) is 6.57. The smallest absolute Gasteiger partial charge is 0.191 e. The van der Waals surface area contributed by atoms with Crippen molar-refractivity contribution in [3.63, 3.8) is 0 Å². The highest BCUT2D eigenvalue weighted by Crippen LogP contribution is 2.10. The fourth-order valence-corrected chi connectivity index (χ4v) is 1.99. The van der Waals surface area contributed by atoms with E-state index in [1.807, 2.05) is 24.3 Å². The molecule has 5 heteroatoms. The number of aliphatic imine (C=N–C) groups is 1. The Kier molecular flexibility index (Phi) is 5.41. The standard InChI is InChI=1S/C15H23N5/c1-3-10-17-15(16-4-2)18-11-9-14-19-12-7-5-6-8-13(12)20-14/h5-8H,3-4,9-11H2,1-2H3,(H,19,20)(H2,16,17,18). The Hall–Kier alpha value is -2.04. The summed E-state index contributed by atoms with van der Waals surface area (Å²) < 4.78 is 0. The van der Waals surface area contributed by atoms with Gasteiger partial charge in [-0.15, -0.1) is 0 Å². The molecule has 108 valence electrons. The van der Waals surface area contributed by atoms with Gasteiger partial charge in [-0.05, 0) is 25.5 Å². The van der Waals surface area contributed by atoms with Crippen molar-refractivity contribution in [2.45, 2.75) is 26.7 Å². The number of hydrogen-bond donors (Lipinski definition) is 3. The van der Waals surface area contributed by atoms with Crippen LogP contribution in [0.4, 0.5) is 0 Å². The number of para-hydroxylation sites is 2. The number of rotatable bonds is 6. The van der Waals surface area contributed by atoms with E-state index in [-0.39, 0.29) is 0 Å². The van der Waals surface area contributed by atoms with Crippen LogP contribution in [0.3, 0.4) is 0 Å². The molecule has 0 radical (unpaired) electrons. The van der Waals surface area contributed by atoms with Crippen LogP contribution in [0.1, 0.15) is 26.1 Å². The van der Waals surface area contributed by atoms with Gasteiger partial charge in [-0.25, -0.2) is 4.98 Å². The molecule has 0 bridgehead atoms. The highest BCUT2D eigenvalue weighted by Gasteiger charge is 2.02. The molecule has 0 unspecified atom stereocenters. The Balaban J connectivity index is 1.87. The van der Waals surface area contributed by atoms with Crippen LogP contribution in [0.2, 0.25) is 0 Å². The summed E-state index contributed by atoms with van der Waals surface area (Å²) >= 11 is 0. The van der Waals surface area contributed by atoms with Gasteiger partial charge in [0.15, 0.2) is 5.96 Å². The molecule has 1 aromatic heterocycles. The Morgan fingerprint density at radius 3 is 2.85 bits per heavy atom. The van der Waals surface area contributed by atoms with Gasteiger partial charge in [-0.1, -0.05) is 19.1 Å². The summed E-state index contributed by atoms with van der Waals surface area (Å²) in [7, 11) is 0. The summed E-state index contributed by atoms with van der Waals surface area (Å²) in [6.45, 7) is 6.74. The lowest BCUT2D eigenvalue weighted by Crippen LogP contribution is -2.38. The average Bonchev–Trinajstić information content (AvgIpc) is 2.87. The number of aromatic amines is 1. The second kappa shape index (κ2) is 7.53. The van der Waals surface area contributed by atoms with Gasteiger partial charge in [0, 0.05) is 26.1 Å². The lowest BCUT2D eigenvalue weighted by Gasteiger charge is -2.10. The molecule has 0 saturated carbocycles. The monoisotopic (exact) mass is 273 g/mol. The summed E-state index contributed by atoms with van der Waals surface area (Å²) in [6.07, 6.45) is 1.91. The van der Waals surface area contributed by atoms with E-state index >= 15 is 0 Å². The van der Waals surface area contributed by atoms with E-state index in [9.17, 15) is 0 Å². The Morgan fingerprint density at radius 2 is 2.10 bits per heavy atom. The van der Waals surface area contributed by atoms with Crippen LogP contribution in [-0.4, -0.2) is 35.6 Å². The van der Waals surface area contributed by atoms with Crippen molar-refractivity contribution in [1.82, 2.24) is 20.6 Å².